The zero-order chi connectivity index (χ0) is 15.0. The molecule has 2 N–H and O–H groups in total. The van der Waals surface area contributed by atoms with E-state index >= 15 is 0 Å². The normalized spacial score (nSPS) is 12.0. The van der Waals surface area contributed by atoms with Crippen molar-refractivity contribution in [1.29, 1.82) is 0 Å². The van der Waals surface area contributed by atoms with Crippen LogP contribution >= 0.6 is 0 Å². The molecule has 0 bridgehead atoms. The van der Waals surface area contributed by atoms with E-state index in [1.165, 1.54) is 0 Å². The highest BCUT2D eigenvalue weighted by Gasteiger charge is 2.15. The first-order valence-corrected chi connectivity index (χ1v) is 6.82. The summed E-state index contributed by atoms with van der Waals surface area (Å²) >= 11 is 0. The van der Waals surface area contributed by atoms with Crippen LogP contribution in [0.5, 0.6) is 0 Å². The van der Waals surface area contributed by atoms with Gasteiger partial charge in [0.2, 0.25) is 11.8 Å². The predicted octanol–water partition coefficient (Wildman–Crippen LogP) is 0.759. The zero-order valence-corrected chi connectivity index (χ0v) is 12.3. The second-order valence-electron chi connectivity index (χ2n) is 4.84. The second kappa shape index (κ2) is 8.32. The molecular weight excluding hydrogens is 254 g/mol. The third kappa shape index (κ3) is 5.84. The van der Waals surface area contributed by atoms with E-state index in [0.717, 1.165) is 5.56 Å². The van der Waals surface area contributed by atoms with Gasteiger partial charge in [-0.2, -0.15) is 0 Å². The maximum absolute atomic E-state index is 11.8. The third-order valence-electron chi connectivity index (χ3n) is 2.83. The first-order valence-electron chi connectivity index (χ1n) is 6.82. The Morgan fingerprint density at radius 2 is 1.90 bits per heavy atom. The van der Waals surface area contributed by atoms with E-state index < -0.39 is 6.04 Å². The molecule has 0 aromatic heterocycles. The van der Waals surface area contributed by atoms with E-state index in [4.69, 9.17) is 0 Å². The highest BCUT2D eigenvalue weighted by Crippen LogP contribution is 2.01. The first-order chi connectivity index (χ1) is 9.52. The van der Waals surface area contributed by atoms with Gasteiger partial charge in [0.25, 0.3) is 0 Å². The van der Waals surface area contributed by atoms with Crippen molar-refractivity contribution in [3.8, 4) is 0 Å². The Balaban J connectivity index is 2.36. The number of carbonyl (C=O) groups excluding carboxylic acids is 2. The lowest BCUT2D eigenvalue weighted by molar-refractivity contribution is -0.129. The van der Waals surface area contributed by atoms with Gasteiger partial charge in [0, 0.05) is 13.1 Å². The molecule has 0 aliphatic heterocycles. The van der Waals surface area contributed by atoms with Crippen molar-refractivity contribution in [3.05, 3.63) is 35.9 Å². The topological polar surface area (TPSA) is 61.4 Å². The van der Waals surface area contributed by atoms with E-state index in [1.807, 2.05) is 49.2 Å². The minimum atomic E-state index is -0.507. The number of nitrogens with one attached hydrogen (secondary N) is 2. The molecule has 1 rings (SSSR count). The maximum Gasteiger partial charge on any atom is 0.242 e. The smallest absolute Gasteiger partial charge is 0.242 e. The molecule has 0 saturated carbocycles. The van der Waals surface area contributed by atoms with Crippen molar-refractivity contribution < 1.29 is 9.59 Å². The van der Waals surface area contributed by atoms with Crippen LogP contribution in [0.2, 0.25) is 0 Å². The average Bonchev–Trinajstić information content (AvgIpc) is 2.39. The molecule has 0 saturated heterocycles. The van der Waals surface area contributed by atoms with Crippen molar-refractivity contribution in [2.45, 2.75) is 26.4 Å². The molecule has 0 radical (unpaired) electrons. The van der Waals surface area contributed by atoms with Crippen LogP contribution in [0.15, 0.2) is 30.3 Å². The van der Waals surface area contributed by atoms with Crippen LogP contribution in [0, 0.1) is 0 Å². The standard InChI is InChI=1S/C15H23N3O2/c1-4-16-15(20)12(2)17-14(19)11-18(3)10-13-8-6-5-7-9-13/h5-9,12H,4,10-11H2,1-3H3,(H,16,20)(H,17,19). The second-order valence-corrected chi connectivity index (χ2v) is 4.84. The number of carbonyl (C=O) groups is 2. The molecule has 1 aromatic rings. The molecule has 0 fully saturated rings. The molecule has 0 aliphatic rings. The van der Waals surface area contributed by atoms with Gasteiger partial charge in [-0.3, -0.25) is 14.5 Å². The third-order valence-corrected chi connectivity index (χ3v) is 2.83. The number of benzene rings is 1. The summed E-state index contributed by atoms with van der Waals surface area (Å²) in [6.07, 6.45) is 0. The Morgan fingerprint density at radius 3 is 2.50 bits per heavy atom. The van der Waals surface area contributed by atoms with Crippen LogP contribution in [0.25, 0.3) is 0 Å². The highest BCUT2D eigenvalue weighted by atomic mass is 16.2. The zero-order valence-electron chi connectivity index (χ0n) is 12.3. The number of hydrogen-bond donors (Lipinski definition) is 2. The Bertz CT molecular complexity index is 434. The van der Waals surface area contributed by atoms with Crippen LogP contribution in [0.3, 0.4) is 0 Å². The number of hydrogen-bond acceptors (Lipinski definition) is 3. The predicted molar refractivity (Wildman–Crippen MR) is 79.1 cm³/mol. The first kappa shape index (κ1) is 16.2. The van der Waals surface area contributed by atoms with Gasteiger partial charge in [-0.15, -0.1) is 0 Å². The van der Waals surface area contributed by atoms with Crippen LogP contribution in [-0.4, -0.2) is 42.9 Å². The van der Waals surface area contributed by atoms with E-state index in [-0.39, 0.29) is 18.4 Å². The lowest BCUT2D eigenvalue weighted by Gasteiger charge is -2.18. The fourth-order valence-electron chi connectivity index (χ4n) is 1.88. The molecular formula is C15H23N3O2. The van der Waals surface area contributed by atoms with Gasteiger partial charge in [-0.05, 0) is 26.5 Å². The summed E-state index contributed by atoms with van der Waals surface area (Å²) in [7, 11) is 1.88. The minimum absolute atomic E-state index is 0.151. The number of rotatable bonds is 7. The monoisotopic (exact) mass is 277 g/mol. The van der Waals surface area contributed by atoms with Gasteiger partial charge >= 0.3 is 0 Å². The van der Waals surface area contributed by atoms with E-state index in [0.29, 0.717) is 13.1 Å². The summed E-state index contributed by atoms with van der Waals surface area (Å²) in [5.41, 5.74) is 1.15. The summed E-state index contributed by atoms with van der Waals surface area (Å²) in [6.45, 7) is 5.05. The Hall–Kier alpha value is -1.88. The van der Waals surface area contributed by atoms with Crippen LogP contribution in [0.4, 0.5) is 0 Å². The number of nitrogens with zero attached hydrogens (tertiary/aromatic N) is 1. The molecule has 1 unspecified atom stereocenters. The van der Waals surface area contributed by atoms with Crippen molar-refractivity contribution in [2.24, 2.45) is 0 Å². The summed E-state index contributed by atoms with van der Waals surface area (Å²) in [5, 5.41) is 5.37. The largest absolute Gasteiger partial charge is 0.355 e. The van der Waals surface area contributed by atoms with E-state index in [9.17, 15) is 9.59 Å². The average molecular weight is 277 g/mol. The maximum atomic E-state index is 11.8. The van der Waals surface area contributed by atoms with E-state index in [2.05, 4.69) is 10.6 Å². The molecule has 0 aliphatic carbocycles. The van der Waals surface area contributed by atoms with Crippen LogP contribution < -0.4 is 10.6 Å². The number of amides is 2. The SMILES string of the molecule is CCNC(=O)C(C)NC(=O)CN(C)Cc1ccccc1. The summed E-state index contributed by atoms with van der Waals surface area (Å²) < 4.78 is 0. The fourth-order valence-corrected chi connectivity index (χ4v) is 1.88. The minimum Gasteiger partial charge on any atom is -0.355 e. The van der Waals surface area contributed by atoms with Gasteiger partial charge in [0.15, 0.2) is 0 Å². The van der Waals surface area contributed by atoms with Crippen molar-refractivity contribution in [3.63, 3.8) is 0 Å². The molecule has 5 nitrogen and oxygen atoms in total. The molecule has 0 heterocycles. The van der Waals surface area contributed by atoms with Crippen LogP contribution in [-0.2, 0) is 16.1 Å². The summed E-state index contributed by atoms with van der Waals surface area (Å²) in [6, 6.07) is 9.44. The quantitative estimate of drug-likeness (QED) is 0.773. The molecule has 1 atom stereocenters. The molecule has 5 heteroatoms. The number of likely N-dealkylation sites (N-methyl/N-ethyl adjacent to an activating group) is 2. The van der Waals surface area contributed by atoms with Crippen molar-refractivity contribution >= 4 is 11.8 Å². The van der Waals surface area contributed by atoms with Gasteiger partial charge in [-0.25, -0.2) is 0 Å². The molecule has 0 spiro atoms. The highest BCUT2D eigenvalue weighted by molar-refractivity contribution is 5.87. The van der Waals surface area contributed by atoms with Gasteiger partial charge in [0.05, 0.1) is 6.54 Å². The van der Waals surface area contributed by atoms with Crippen molar-refractivity contribution in [2.75, 3.05) is 20.1 Å². The summed E-state index contributed by atoms with van der Waals surface area (Å²) in [5.74, 6) is -0.311. The van der Waals surface area contributed by atoms with E-state index in [1.54, 1.807) is 6.92 Å². The van der Waals surface area contributed by atoms with Gasteiger partial charge in [-0.1, -0.05) is 30.3 Å². The lowest BCUT2D eigenvalue weighted by Crippen LogP contribution is -2.47. The molecule has 1 aromatic carbocycles. The Kier molecular flexibility index (Phi) is 6.73. The Morgan fingerprint density at radius 1 is 1.25 bits per heavy atom. The van der Waals surface area contributed by atoms with Crippen LogP contribution in [0.1, 0.15) is 19.4 Å². The lowest BCUT2D eigenvalue weighted by atomic mass is 10.2. The fraction of sp³-hybridized carbons (Fsp3) is 0.467. The van der Waals surface area contributed by atoms with Crippen molar-refractivity contribution in [1.82, 2.24) is 15.5 Å². The Labute approximate surface area is 120 Å². The molecule has 2 amide bonds. The molecule has 110 valence electrons. The van der Waals surface area contributed by atoms with Gasteiger partial charge in [0.1, 0.15) is 6.04 Å². The molecule has 20 heavy (non-hydrogen) atoms. The summed E-state index contributed by atoms with van der Waals surface area (Å²) in [4.78, 5) is 25.3. The van der Waals surface area contributed by atoms with Gasteiger partial charge < -0.3 is 10.6 Å².